The quantitative estimate of drug-likeness (QED) is 0.368. The van der Waals surface area contributed by atoms with E-state index in [0.717, 1.165) is 35.9 Å². The molecule has 2 N–H and O–H groups in total. The Balaban J connectivity index is 0.00000281. The minimum absolute atomic E-state index is 0.0987. The summed E-state index contributed by atoms with van der Waals surface area (Å²) >= 11 is 0. The fraction of sp³-hybridized carbons (Fsp3) is 0.440. The number of methoxy groups -OCH3 is 1. The zero-order valence-corrected chi connectivity index (χ0v) is 19.6. The molecule has 0 heterocycles. The number of alkyl halides is 3. The maximum absolute atomic E-state index is 13.3. The number of ether oxygens (including phenoxy) is 1. The van der Waals surface area contributed by atoms with E-state index in [4.69, 9.17) is 9.53 Å². The van der Waals surface area contributed by atoms with E-state index in [1.54, 1.807) is 7.11 Å². The van der Waals surface area contributed by atoms with Crippen molar-refractivity contribution in [1.29, 1.82) is 0 Å². The van der Waals surface area contributed by atoms with Gasteiger partial charge in [-0.2, -0.15) is 13.2 Å². The van der Waals surface area contributed by atoms with Gasteiger partial charge in [-0.05, 0) is 67.9 Å². The molecule has 9 heteroatoms. The molecule has 3 atom stereocenters. The van der Waals surface area contributed by atoms with Gasteiger partial charge in [0.1, 0.15) is 13.1 Å². The molecule has 3 unspecified atom stereocenters. The molecule has 0 radical (unpaired) electrons. The highest BCUT2D eigenvalue weighted by molar-refractivity contribution is 5.81. The van der Waals surface area contributed by atoms with Gasteiger partial charge >= 0.3 is 6.18 Å². The first-order valence-electron chi connectivity index (χ1n) is 10.8. The van der Waals surface area contributed by atoms with Crippen molar-refractivity contribution in [1.82, 2.24) is 5.32 Å². The summed E-state index contributed by atoms with van der Waals surface area (Å²) in [5.74, 6) is -0.555. The summed E-state index contributed by atoms with van der Waals surface area (Å²) in [5, 5.41) is 5.50. The van der Waals surface area contributed by atoms with Crippen LogP contribution in [-0.2, 0) is 14.3 Å². The number of allylic oxidation sites excluding steroid dienone is 4. The number of rotatable bonds is 8. The van der Waals surface area contributed by atoms with Crippen molar-refractivity contribution in [2.75, 3.05) is 26.1 Å². The van der Waals surface area contributed by atoms with E-state index in [9.17, 15) is 22.4 Å². The minimum atomic E-state index is -4.55. The minimum Gasteiger partial charge on any atom is -0.388 e. The maximum atomic E-state index is 13.3. The molecular formula is C25H32F4N2O3. The monoisotopic (exact) mass is 484 g/mol. The first kappa shape index (κ1) is 29.1. The number of nitrogens with one attached hydrogen (secondary N) is 2. The highest BCUT2D eigenvalue weighted by Gasteiger charge is 2.34. The zero-order valence-electron chi connectivity index (χ0n) is 19.6. The molecule has 0 spiro atoms. The van der Waals surface area contributed by atoms with Gasteiger partial charge in [-0.1, -0.05) is 18.2 Å². The fourth-order valence-electron chi connectivity index (χ4n) is 4.10. The summed E-state index contributed by atoms with van der Waals surface area (Å²) in [7, 11) is 3.44. The van der Waals surface area contributed by atoms with Crippen LogP contribution >= 0.6 is 0 Å². The van der Waals surface area contributed by atoms with E-state index in [1.165, 1.54) is 6.92 Å². The van der Waals surface area contributed by atoms with Gasteiger partial charge in [-0.3, -0.25) is 4.79 Å². The number of hydrogen-bond acceptors (Lipinski definition) is 4. The number of benzene rings is 1. The highest BCUT2D eigenvalue weighted by Crippen LogP contribution is 2.40. The van der Waals surface area contributed by atoms with Crippen LogP contribution < -0.4 is 10.6 Å². The van der Waals surface area contributed by atoms with Crippen LogP contribution in [0.3, 0.4) is 0 Å². The molecule has 1 fully saturated rings. The van der Waals surface area contributed by atoms with E-state index in [1.807, 2.05) is 38.1 Å². The molecule has 2 rings (SSSR count). The first-order chi connectivity index (χ1) is 16.2. The van der Waals surface area contributed by atoms with Crippen molar-refractivity contribution in [3.63, 3.8) is 0 Å². The molecule has 0 saturated heterocycles. The van der Waals surface area contributed by atoms with Crippen LogP contribution in [0.2, 0.25) is 0 Å². The standard InChI is InChI=1S/C24H30F4N2O2.CH2O/c1-4-20(24(26,27)28)7-10-22(14-25)30-23(31)19-12-16(15-32-3)11-18(13-19)17-5-8-21(29-2)9-6-17;1-2/h4-10,14,16,18-19,29H,11-13,15H2,1-3H3,(H,30,31);1H2/b10-7-,20-4+,22-14-;. The van der Waals surface area contributed by atoms with Gasteiger partial charge in [0.2, 0.25) is 5.91 Å². The normalized spacial score (nSPS) is 21.6. The third-order valence-electron chi connectivity index (χ3n) is 5.71. The Labute approximate surface area is 197 Å². The topological polar surface area (TPSA) is 67.4 Å². The molecule has 0 bridgehead atoms. The van der Waals surface area contributed by atoms with Crippen LogP contribution in [0.4, 0.5) is 23.2 Å². The second-order valence-corrected chi connectivity index (χ2v) is 7.92. The Bertz CT molecular complexity index is 864. The second kappa shape index (κ2) is 14.3. The van der Waals surface area contributed by atoms with Crippen molar-refractivity contribution in [3.05, 3.63) is 65.7 Å². The lowest BCUT2D eigenvalue weighted by Gasteiger charge is -2.34. The zero-order chi connectivity index (χ0) is 25.7. The van der Waals surface area contributed by atoms with Crippen LogP contribution in [0.1, 0.15) is 37.7 Å². The van der Waals surface area contributed by atoms with Crippen LogP contribution in [0, 0.1) is 11.8 Å². The maximum Gasteiger partial charge on any atom is 0.416 e. The molecule has 1 saturated carbocycles. The van der Waals surface area contributed by atoms with Gasteiger partial charge in [-0.25, -0.2) is 4.39 Å². The molecule has 0 aliphatic heterocycles. The SMILES string of the molecule is C=O.C\C=C(/C=C\C(=C\F)NC(=O)C1CC(COC)CC(c2ccc(NC)cc2)C1)C(F)(F)F. The summed E-state index contributed by atoms with van der Waals surface area (Å²) in [4.78, 5) is 20.9. The number of carbonyl (C=O) groups is 2. The molecular weight excluding hydrogens is 452 g/mol. The van der Waals surface area contributed by atoms with E-state index < -0.39 is 23.6 Å². The molecule has 0 aromatic heterocycles. The predicted molar refractivity (Wildman–Crippen MR) is 125 cm³/mol. The van der Waals surface area contributed by atoms with Crippen molar-refractivity contribution in [3.8, 4) is 0 Å². The Morgan fingerprint density at radius 3 is 2.29 bits per heavy atom. The van der Waals surface area contributed by atoms with Crippen LogP contribution in [0.5, 0.6) is 0 Å². The number of amides is 1. The summed E-state index contributed by atoms with van der Waals surface area (Å²) < 4.78 is 57.2. The van der Waals surface area contributed by atoms with Crippen LogP contribution in [-0.4, -0.2) is 39.6 Å². The third-order valence-corrected chi connectivity index (χ3v) is 5.71. The van der Waals surface area contributed by atoms with Crippen molar-refractivity contribution < 1.29 is 31.9 Å². The van der Waals surface area contributed by atoms with Crippen LogP contribution in [0.15, 0.2) is 60.1 Å². The van der Waals surface area contributed by atoms with Crippen molar-refractivity contribution in [2.24, 2.45) is 11.8 Å². The summed E-state index contributed by atoms with van der Waals surface area (Å²) in [6, 6.07) is 7.98. The Hall–Kier alpha value is -2.94. The highest BCUT2D eigenvalue weighted by atomic mass is 19.4. The van der Waals surface area contributed by atoms with Gasteiger partial charge in [0, 0.05) is 32.4 Å². The molecule has 1 amide bonds. The molecule has 1 aromatic rings. The Morgan fingerprint density at radius 1 is 1.15 bits per heavy atom. The van der Waals surface area contributed by atoms with Gasteiger partial charge in [0.25, 0.3) is 0 Å². The molecule has 188 valence electrons. The fourth-order valence-corrected chi connectivity index (χ4v) is 4.10. The van der Waals surface area contributed by atoms with Gasteiger partial charge < -0.3 is 20.2 Å². The van der Waals surface area contributed by atoms with E-state index in [0.29, 0.717) is 19.4 Å². The summed E-state index contributed by atoms with van der Waals surface area (Å²) in [6.45, 7) is 3.74. The van der Waals surface area contributed by atoms with E-state index in [2.05, 4.69) is 10.6 Å². The Kier molecular flexibility index (Phi) is 12.3. The molecule has 1 aliphatic rings. The Morgan fingerprint density at radius 2 is 1.79 bits per heavy atom. The summed E-state index contributed by atoms with van der Waals surface area (Å²) in [6.07, 6.45) is 0.0855. The largest absolute Gasteiger partial charge is 0.416 e. The van der Waals surface area contributed by atoms with Gasteiger partial charge in [-0.15, -0.1) is 0 Å². The second-order valence-electron chi connectivity index (χ2n) is 7.92. The lowest BCUT2D eigenvalue weighted by atomic mass is 9.72. The van der Waals surface area contributed by atoms with Crippen LogP contribution in [0.25, 0.3) is 0 Å². The smallest absolute Gasteiger partial charge is 0.388 e. The number of carbonyl (C=O) groups excluding carboxylic acids is 2. The molecule has 5 nitrogen and oxygen atoms in total. The molecule has 34 heavy (non-hydrogen) atoms. The van der Waals surface area contributed by atoms with Gasteiger partial charge in [0.15, 0.2) is 0 Å². The molecule has 1 aromatic carbocycles. The van der Waals surface area contributed by atoms with Gasteiger partial charge in [0.05, 0.1) is 11.3 Å². The first-order valence-corrected chi connectivity index (χ1v) is 10.8. The number of hydrogen-bond donors (Lipinski definition) is 2. The number of halogens is 4. The van der Waals surface area contributed by atoms with Crippen molar-refractivity contribution >= 4 is 18.4 Å². The molecule has 1 aliphatic carbocycles. The predicted octanol–water partition coefficient (Wildman–Crippen LogP) is 5.68. The van der Waals surface area contributed by atoms with E-state index in [-0.39, 0.29) is 23.9 Å². The average Bonchev–Trinajstić information content (AvgIpc) is 2.84. The lowest BCUT2D eigenvalue weighted by molar-refractivity contribution is -0.126. The summed E-state index contributed by atoms with van der Waals surface area (Å²) in [5.41, 5.74) is 0.846. The average molecular weight is 485 g/mol. The third kappa shape index (κ3) is 8.78. The van der Waals surface area contributed by atoms with Crippen molar-refractivity contribution in [2.45, 2.75) is 38.3 Å². The number of anilines is 1. The lowest BCUT2D eigenvalue weighted by Crippen LogP contribution is -2.36. The van der Waals surface area contributed by atoms with E-state index >= 15 is 0 Å².